The smallest absolute Gasteiger partial charge is 0.273 e. The number of hydrogen-bond acceptors (Lipinski definition) is 4. The fraction of sp³-hybridized carbons (Fsp3) is 0. The van der Waals surface area contributed by atoms with Gasteiger partial charge in [0.05, 0.1) is 5.69 Å². The van der Waals surface area contributed by atoms with Gasteiger partial charge in [0.1, 0.15) is 5.82 Å². The quantitative estimate of drug-likeness (QED) is 0.639. The third-order valence-corrected chi connectivity index (χ3v) is 2.43. The Labute approximate surface area is 95.7 Å². The summed E-state index contributed by atoms with van der Waals surface area (Å²) in [5.74, 6) is 0.401. The number of H-pyrrole nitrogens is 1. The first-order valence-electron chi connectivity index (χ1n) is 5.03. The lowest BCUT2D eigenvalue weighted by Gasteiger charge is -1.99. The van der Waals surface area contributed by atoms with Crippen molar-refractivity contribution in [1.82, 2.24) is 19.6 Å². The van der Waals surface area contributed by atoms with Gasteiger partial charge >= 0.3 is 0 Å². The highest BCUT2D eigenvalue weighted by Gasteiger charge is 2.06. The van der Waals surface area contributed by atoms with Crippen molar-refractivity contribution >= 4 is 11.5 Å². The zero-order chi connectivity index (χ0) is 11.8. The van der Waals surface area contributed by atoms with Gasteiger partial charge in [-0.15, -0.1) is 0 Å². The van der Waals surface area contributed by atoms with Crippen LogP contribution in [-0.2, 0) is 0 Å². The van der Waals surface area contributed by atoms with Crippen molar-refractivity contribution in [1.29, 1.82) is 0 Å². The highest BCUT2D eigenvalue weighted by Crippen LogP contribution is 2.14. The van der Waals surface area contributed by atoms with E-state index in [4.69, 9.17) is 5.73 Å². The summed E-state index contributed by atoms with van der Waals surface area (Å²) in [5.41, 5.74) is 7.26. The topological polar surface area (TPSA) is 89.1 Å². The first kappa shape index (κ1) is 9.59. The molecule has 0 spiro atoms. The van der Waals surface area contributed by atoms with Crippen molar-refractivity contribution in [3.05, 3.63) is 47.0 Å². The lowest BCUT2D eigenvalue weighted by atomic mass is 10.2. The summed E-state index contributed by atoms with van der Waals surface area (Å²) in [6.45, 7) is 0. The van der Waals surface area contributed by atoms with E-state index >= 15 is 0 Å². The van der Waals surface area contributed by atoms with Crippen molar-refractivity contribution in [2.45, 2.75) is 0 Å². The fourth-order valence-electron chi connectivity index (χ4n) is 1.67. The molecule has 6 heteroatoms. The Hall–Kier alpha value is -2.63. The highest BCUT2D eigenvalue weighted by molar-refractivity contribution is 5.61. The second-order valence-electron chi connectivity index (χ2n) is 3.63. The minimum Gasteiger partial charge on any atom is -0.384 e. The average molecular weight is 227 g/mol. The lowest BCUT2D eigenvalue weighted by molar-refractivity contribution is 0.906. The van der Waals surface area contributed by atoms with Gasteiger partial charge in [-0.1, -0.05) is 0 Å². The van der Waals surface area contributed by atoms with Crippen LogP contribution in [0.2, 0.25) is 0 Å². The molecule has 0 bridgehead atoms. The molecule has 84 valence electrons. The summed E-state index contributed by atoms with van der Waals surface area (Å²) in [4.78, 5) is 20.1. The van der Waals surface area contributed by atoms with E-state index < -0.39 is 0 Å². The van der Waals surface area contributed by atoms with E-state index in [1.165, 1.54) is 10.6 Å². The second kappa shape index (κ2) is 3.44. The van der Waals surface area contributed by atoms with Gasteiger partial charge in [0.25, 0.3) is 5.56 Å². The number of rotatable bonds is 1. The molecule has 0 aromatic carbocycles. The molecule has 0 saturated carbocycles. The van der Waals surface area contributed by atoms with Gasteiger partial charge in [-0.25, -0.2) is 4.98 Å². The Bertz CT molecular complexity index is 728. The maximum absolute atomic E-state index is 11.8. The number of nitrogen functional groups attached to an aromatic ring is 1. The molecule has 3 aromatic heterocycles. The minimum absolute atomic E-state index is 0.203. The molecule has 3 rings (SSSR count). The van der Waals surface area contributed by atoms with Crippen molar-refractivity contribution < 1.29 is 0 Å². The van der Waals surface area contributed by atoms with E-state index in [9.17, 15) is 4.79 Å². The third kappa shape index (κ3) is 1.55. The fourth-order valence-corrected chi connectivity index (χ4v) is 1.67. The average Bonchev–Trinajstić information content (AvgIpc) is 2.71. The number of hydrogen-bond donors (Lipinski definition) is 2. The summed E-state index contributed by atoms with van der Waals surface area (Å²) < 4.78 is 1.30. The molecule has 3 aromatic rings. The van der Waals surface area contributed by atoms with Crippen LogP contribution >= 0.6 is 0 Å². The standard InChI is InChI=1S/C11H9N5O/c12-9-5-10-14-8(4-11(17)16(10)15-9)7-2-1-3-13-6-7/h1-6,15H,12H2. The Kier molecular flexibility index (Phi) is 1.94. The number of nitrogens with two attached hydrogens (primary N) is 1. The molecule has 6 nitrogen and oxygen atoms in total. The molecule has 3 N–H and O–H groups in total. The van der Waals surface area contributed by atoms with Crippen LogP contribution in [0.3, 0.4) is 0 Å². The maximum Gasteiger partial charge on any atom is 0.273 e. The van der Waals surface area contributed by atoms with Crippen LogP contribution in [0.1, 0.15) is 0 Å². The van der Waals surface area contributed by atoms with Gasteiger partial charge in [-0.05, 0) is 12.1 Å². The molecule has 3 heterocycles. The van der Waals surface area contributed by atoms with Crippen LogP contribution in [0.15, 0.2) is 41.5 Å². The predicted molar refractivity (Wildman–Crippen MR) is 63.5 cm³/mol. The van der Waals surface area contributed by atoms with Crippen LogP contribution < -0.4 is 11.3 Å². The van der Waals surface area contributed by atoms with Crippen molar-refractivity contribution in [2.24, 2.45) is 0 Å². The molecule has 0 aliphatic heterocycles. The molecule has 0 atom stereocenters. The molecule has 17 heavy (non-hydrogen) atoms. The summed E-state index contributed by atoms with van der Waals surface area (Å²) in [6.07, 6.45) is 3.33. The third-order valence-electron chi connectivity index (χ3n) is 2.43. The Balaban J connectivity index is 2.29. The van der Waals surface area contributed by atoms with Crippen LogP contribution in [0.5, 0.6) is 0 Å². The minimum atomic E-state index is -0.203. The molecule has 0 fully saturated rings. The summed E-state index contributed by atoms with van der Waals surface area (Å²) >= 11 is 0. The first-order chi connectivity index (χ1) is 8.24. The van der Waals surface area contributed by atoms with E-state index in [2.05, 4.69) is 15.1 Å². The monoisotopic (exact) mass is 227 g/mol. The molecule has 0 unspecified atom stereocenters. The van der Waals surface area contributed by atoms with Gasteiger partial charge in [-0.3, -0.25) is 14.9 Å². The van der Waals surface area contributed by atoms with Crippen LogP contribution in [0, 0.1) is 0 Å². The number of aromatic amines is 1. The molecule has 0 radical (unpaired) electrons. The second-order valence-corrected chi connectivity index (χ2v) is 3.63. The lowest BCUT2D eigenvalue weighted by Crippen LogP contribution is -2.14. The van der Waals surface area contributed by atoms with Crippen LogP contribution in [-0.4, -0.2) is 19.6 Å². The number of pyridine rings is 1. The van der Waals surface area contributed by atoms with Crippen molar-refractivity contribution in [2.75, 3.05) is 5.73 Å². The van der Waals surface area contributed by atoms with Gasteiger partial charge in [0.15, 0.2) is 5.65 Å². The zero-order valence-electron chi connectivity index (χ0n) is 8.79. The Morgan fingerprint density at radius 1 is 1.35 bits per heavy atom. The Morgan fingerprint density at radius 3 is 3.00 bits per heavy atom. The molecule has 0 aliphatic carbocycles. The normalized spacial score (nSPS) is 10.8. The predicted octanol–water partition coefficient (Wildman–Crippen LogP) is 0.667. The molecule has 0 saturated heterocycles. The van der Waals surface area contributed by atoms with E-state index in [1.54, 1.807) is 24.5 Å². The van der Waals surface area contributed by atoms with Gasteiger partial charge < -0.3 is 5.73 Å². The number of nitrogens with one attached hydrogen (secondary N) is 1. The van der Waals surface area contributed by atoms with Gasteiger partial charge in [0.2, 0.25) is 0 Å². The number of nitrogens with zero attached hydrogens (tertiary/aromatic N) is 3. The Morgan fingerprint density at radius 2 is 2.24 bits per heavy atom. The largest absolute Gasteiger partial charge is 0.384 e. The summed E-state index contributed by atoms with van der Waals surface area (Å²) in [7, 11) is 0. The maximum atomic E-state index is 11.8. The molecule has 0 aliphatic rings. The highest BCUT2D eigenvalue weighted by atomic mass is 16.1. The van der Waals surface area contributed by atoms with E-state index in [0.717, 1.165) is 5.56 Å². The van der Waals surface area contributed by atoms with Crippen molar-refractivity contribution in [3.8, 4) is 11.3 Å². The SMILES string of the molecule is Nc1cc2nc(-c3cccnc3)cc(=O)n2[nH]1. The van der Waals surface area contributed by atoms with Crippen molar-refractivity contribution in [3.63, 3.8) is 0 Å². The first-order valence-corrected chi connectivity index (χ1v) is 5.03. The number of aromatic nitrogens is 4. The van der Waals surface area contributed by atoms with Gasteiger partial charge in [0, 0.05) is 30.1 Å². The molecular formula is C11H9N5O. The van der Waals surface area contributed by atoms with Crippen LogP contribution in [0.4, 0.5) is 5.82 Å². The van der Waals surface area contributed by atoms with E-state index in [0.29, 0.717) is 17.2 Å². The van der Waals surface area contributed by atoms with Crippen LogP contribution in [0.25, 0.3) is 16.9 Å². The summed E-state index contributed by atoms with van der Waals surface area (Å²) in [6, 6.07) is 6.70. The van der Waals surface area contributed by atoms with E-state index in [1.807, 2.05) is 6.07 Å². The number of fused-ring (bicyclic) bond motifs is 1. The van der Waals surface area contributed by atoms with E-state index in [-0.39, 0.29) is 5.56 Å². The molecule has 0 amide bonds. The van der Waals surface area contributed by atoms with Gasteiger partial charge in [-0.2, -0.15) is 4.52 Å². The number of anilines is 1. The summed E-state index contributed by atoms with van der Waals surface area (Å²) in [5, 5.41) is 2.71. The molecular weight excluding hydrogens is 218 g/mol. The zero-order valence-corrected chi connectivity index (χ0v) is 8.79.